The molecule has 4 rings (SSSR count). The van der Waals surface area contributed by atoms with Gasteiger partial charge in [-0.15, -0.1) is 0 Å². The van der Waals surface area contributed by atoms with Crippen molar-refractivity contribution in [3.05, 3.63) is 63.7 Å². The molecule has 2 aromatic carbocycles. The van der Waals surface area contributed by atoms with Gasteiger partial charge in [0.15, 0.2) is 0 Å². The van der Waals surface area contributed by atoms with Crippen molar-refractivity contribution in [3.8, 4) is 0 Å². The Morgan fingerprint density at radius 3 is 2.40 bits per heavy atom. The second-order valence-corrected chi connectivity index (χ2v) is 16.7. The molecule has 2 aliphatic rings. The Balaban J connectivity index is 1.32. The van der Waals surface area contributed by atoms with E-state index in [2.05, 4.69) is 54.9 Å². The highest BCUT2D eigenvalue weighted by Crippen LogP contribution is 2.32. The van der Waals surface area contributed by atoms with Crippen LogP contribution in [0.2, 0.25) is 0 Å². The molecule has 3 N–H and O–H groups in total. The van der Waals surface area contributed by atoms with Gasteiger partial charge in [-0.3, -0.25) is 9.59 Å². The Hall–Kier alpha value is -2.75. The van der Waals surface area contributed by atoms with Crippen molar-refractivity contribution >= 4 is 21.8 Å². The minimum absolute atomic E-state index is 0.0348. The molecule has 1 aliphatic carbocycles. The first kappa shape index (κ1) is 35.1. The van der Waals surface area contributed by atoms with Crippen LogP contribution in [0.1, 0.15) is 119 Å². The van der Waals surface area contributed by atoms with Gasteiger partial charge in [0.05, 0.1) is 10.9 Å². The number of nitrogens with zero attached hydrogens (tertiary/aromatic N) is 1. The van der Waals surface area contributed by atoms with Crippen LogP contribution < -0.4 is 16.0 Å². The number of amides is 2. The summed E-state index contributed by atoms with van der Waals surface area (Å²) in [4.78, 5) is 26.5. The fraction of sp³-hybridized carbons (Fsp3) is 0.611. The van der Waals surface area contributed by atoms with E-state index in [9.17, 15) is 18.0 Å². The van der Waals surface area contributed by atoms with Crippen LogP contribution in [0.25, 0.3) is 0 Å². The van der Waals surface area contributed by atoms with Crippen LogP contribution in [0.3, 0.4) is 0 Å². The van der Waals surface area contributed by atoms with Crippen molar-refractivity contribution in [2.45, 2.75) is 141 Å². The number of hydrogen-bond donors (Lipinski definition) is 3. The highest BCUT2D eigenvalue weighted by molar-refractivity contribution is 7.89. The topological polar surface area (TPSA) is 108 Å². The molecule has 2 atom stereocenters. The molecule has 248 valence electrons. The molecule has 1 fully saturated rings. The summed E-state index contributed by atoms with van der Waals surface area (Å²) in [5.74, 6) is -0.221. The third kappa shape index (κ3) is 8.95. The SMILES string of the molecule is Cc1cc(C)c(S(=O)(=O)N2CC(C)(C)NC(=O)C2CCCCCC(=O)N[C@@H]2CCCc3cc(CNC(C)(C)C)ccc32)c(C)c1. The molecule has 1 unspecified atom stereocenters. The third-order valence-electron chi connectivity index (χ3n) is 8.90. The first-order valence-corrected chi connectivity index (χ1v) is 18.0. The largest absolute Gasteiger partial charge is 0.349 e. The van der Waals surface area contributed by atoms with Crippen molar-refractivity contribution in [1.29, 1.82) is 0 Å². The van der Waals surface area contributed by atoms with E-state index < -0.39 is 21.6 Å². The van der Waals surface area contributed by atoms with Crippen molar-refractivity contribution in [1.82, 2.24) is 20.3 Å². The van der Waals surface area contributed by atoms with Gasteiger partial charge in [0.25, 0.3) is 0 Å². The zero-order valence-electron chi connectivity index (χ0n) is 28.6. The average Bonchev–Trinajstić information content (AvgIpc) is 2.91. The smallest absolute Gasteiger partial charge is 0.244 e. The van der Waals surface area contributed by atoms with Crippen LogP contribution in [0.15, 0.2) is 35.2 Å². The number of hydrogen-bond acceptors (Lipinski definition) is 5. The Kier molecular flexibility index (Phi) is 10.9. The highest BCUT2D eigenvalue weighted by Gasteiger charge is 2.45. The molecule has 9 heteroatoms. The molecule has 8 nitrogen and oxygen atoms in total. The summed E-state index contributed by atoms with van der Waals surface area (Å²) in [7, 11) is -3.90. The van der Waals surface area contributed by atoms with Gasteiger partial charge in [-0.05, 0) is 115 Å². The molecular weight excluding hydrogens is 584 g/mol. The lowest BCUT2D eigenvalue weighted by Crippen LogP contribution is -2.65. The summed E-state index contributed by atoms with van der Waals surface area (Å²) < 4.78 is 29.5. The van der Waals surface area contributed by atoms with Crippen LogP contribution >= 0.6 is 0 Å². The maximum Gasteiger partial charge on any atom is 0.244 e. The van der Waals surface area contributed by atoms with Gasteiger partial charge >= 0.3 is 0 Å². The first-order chi connectivity index (χ1) is 21.0. The Bertz CT molecular complexity index is 1490. The number of rotatable bonds is 11. The number of benzene rings is 2. The second-order valence-electron chi connectivity index (χ2n) is 14.9. The lowest BCUT2D eigenvalue weighted by Gasteiger charge is -2.43. The number of aryl methyl sites for hydroxylation is 4. The van der Waals surface area contributed by atoms with E-state index in [-0.39, 0.29) is 29.9 Å². The quantitative estimate of drug-likeness (QED) is 0.265. The zero-order chi connectivity index (χ0) is 33.2. The molecule has 0 radical (unpaired) electrons. The molecule has 2 amide bonds. The van der Waals surface area contributed by atoms with Crippen molar-refractivity contribution < 1.29 is 18.0 Å². The van der Waals surface area contributed by atoms with Gasteiger partial charge in [0.2, 0.25) is 21.8 Å². The van der Waals surface area contributed by atoms with E-state index in [0.717, 1.165) is 37.8 Å². The molecule has 0 bridgehead atoms. The molecule has 2 aromatic rings. The fourth-order valence-electron chi connectivity index (χ4n) is 6.87. The molecular formula is C36H54N4O4S. The van der Waals surface area contributed by atoms with E-state index in [1.165, 1.54) is 21.0 Å². The maximum absolute atomic E-state index is 14.0. The summed E-state index contributed by atoms with van der Waals surface area (Å²) in [6, 6.07) is 9.63. The van der Waals surface area contributed by atoms with Crippen LogP contribution in [0.4, 0.5) is 0 Å². The first-order valence-electron chi connectivity index (χ1n) is 16.5. The highest BCUT2D eigenvalue weighted by atomic mass is 32.2. The van der Waals surface area contributed by atoms with Gasteiger partial charge < -0.3 is 16.0 Å². The number of nitrogens with one attached hydrogen (secondary N) is 3. The summed E-state index contributed by atoms with van der Waals surface area (Å²) >= 11 is 0. The predicted octanol–water partition coefficient (Wildman–Crippen LogP) is 5.91. The molecule has 1 aliphatic heterocycles. The van der Waals surface area contributed by atoms with E-state index in [4.69, 9.17) is 0 Å². The van der Waals surface area contributed by atoms with Crippen LogP contribution in [-0.2, 0) is 32.6 Å². The average molecular weight is 639 g/mol. The van der Waals surface area contributed by atoms with E-state index in [0.29, 0.717) is 41.7 Å². The van der Waals surface area contributed by atoms with Gasteiger partial charge in [0.1, 0.15) is 6.04 Å². The summed E-state index contributed by atoms with van der Waals surface area (Å²) in [5, 5.41) is 9.82. The van der Waals surface area contributed by atoms with Crippen molar-refractivity contribution in [2.75, 3.05) is 6.54 Å². The van der Waals surface area contributed by atoms with Gasteiger partial charge in [0, 0.05) is 30.6 Å². The number of piperazine rings is 1. The summed E-state index contributed by atoms with van der Waals surface area (Å²) in [6.45, 7) is 16.8. The monoisotopic (exact) mass is 638 g/mol. The Morgan fingerprint density at radius 1 is 1.04 bits per heavy atom. The van der Waals surface area contributed by atoms with Gasteiger partial charge in [-0.25, -0.2) is 8.42 Å². The van der Waals surface area contributed by atoms with Gasteiger partial charge in [-0.1, -0.05) is 48.7 Å². The zero-order valence-corrected chi connectivity index (χ0v) is 29.4. The number of carbonyl (C=O) groups is 2. The number of carbonyl (C=O) groups excluding carboxylic acids is 2. The number of fused-ring (bicyclic) bond motifs is 1. The van der Waals surface area contributed by atoms with Gasteiger partial charge in [-0.2, -0.15) is 4.31 Å². The summed E-state index contributed by atoms with van der Waals surface area (Å²) in [5.41, 5.74) is 5.59. The van der Waals surface area contributed by atoms with Crippen molar-refractivity contribution in [2.24, 2.45) is 0 Å². The standard InChI is InChI=1S/C36H54N4O4S/c1-24-19-25(2)33(26(3)20-24)45(43,44)40-23-36(7,8)39-34(42)31(40)15-10-9-11-16-32(41)38-30-14-12-13-28-21-27(17-18-29(28)30)22-37-35(4,5)6/h17-21,30-31,37H,9-16,22-23H2,1-8H3,(H,38,41)(H,39,42)/t30-,31?/m1/s1. The Morgan fingerprint density at radius 2 is 1.73 bits per heavy atom. The maximum atomic E-state index is 14.0. The molecule has 1 saturated heterocycles. The van der Waals surface area contributed by atoms with Crippen LogP contribution in [-0.4, -0.2) is 48.2 Å². The molecule has 45 heavy (non-hydrogen) atoms. The van der Waals surface area contributed by atoms with E-state index in [1.54, 1.807) is 0 Å². The lowest BCUT2D eigenvalue weighted by atomic mass is 9.86. The minimum Gasteiger partial charge on any atom is -0.349 e. The minimum atomic E-state index is -3.90. The molecule has 0 aromatic heterocycles. The molecule has 1 heterocycles. The number of sulfonamides is 1. The predicted molar refractivity (Wildman–Crippen MR) is 180 cm³/mol. The summed E-state index contributed by atoms with van der Waals surface area (Å²) in [6.07, 6.45) is 5.93. The van der Waals surface area contributed by atoms with E-state index >= 15 is 0 Å². The van der Waals surface area contributed by atoms with E-state index in [1.807, 2.05) is 46.8 Å². The molecule has 0 saturated carbocycles. The van der Waals surface area contributed by atoms with Crippen molar-refractivity contribution in [3.63, 3.8) is 0 Å². The lowest BCUT2D eigenvalue weighted by molar-refractivity contribution is -0.130. The second kappa shape index (κ2) is 13.9. The third-order valence-corrected chi connectivity index (χ3v) is 11.1. The number of unbranched alkanes of at least 4 members (excludes halogenated alkanes) is 2. The Labute approximate surface area is 271 Å². The fourth-order valence-corrected chi connectivity index (χ4v) is 9.06. The van der Waals surface area contributed by atoms with Crippen LogP contribution in [0, 0.1) is 20.8 Å². The normalized spacial score (nSPS) is 20.4. The molecule has 0 spiro atoms. The van der Waals surface area contributed by atoms with Crippen LogP contribution in [0.5, 0.6) is 0 Å².